The van der Waals surface area contributed by atoms with Gasteiger partial charge in [-0.2, -0.15) is 0 Å². The van der Waals surface area contributed by atoms with Crippen molar-refractivity contribution in [2.24, 2.45) is 0 Å². The molecular weight excluding hydrogens is 1690 g/mol. The van der Waals surface area contributed by atoms with Gasteiger partial charge in [0.15, 0.2) is 52.4 Å². The molecule has 28 rings (SSSR count). The Labute approximate surface area is 802 Å². The van der Waals surface area contributed by atoms with Gasteiger partial charge < -0.3 is 13.7 Å². The van der Waals surface area contributed by atoms with Crippen molar-refractivity contribution in [2.45, 2.75) is 0 Å². The topological polar surface area (TPSA) is 131 Å². The van der Waals surface area contributed by atoms with Gasteiger partial charge >= 0.3 is 0 Å². The highest BCUT2D eigenvalue weighted by Crippen LogP contribution is 2.54. The predicted octanol–water partition coefficient (Wildman–Crippen LogP) is 31.5. The van der Waals surface area contributed by atoms with Crippen LogP contribution in [0, 0.1) is 0 Å². The van der Waals surface area contributed by atoms with E-state index in [-0.39, 0.29) is 0 Å². The molecule has 0 radical (unpaired) electrons. The van der Waals surface area contributed by atoms with E-state index in [1.807, 2.05) is 182 Å². The van der Waals surface area contributed by atoms with Gasteiger partial charge in [-0.3, -0.25) is 0 Å². The number of hydrogen-bond acceptors (Lipinski definition) is 9. The quantitative estimate of drug-likeness (QED) is 0.117. The molecule has 12 heteroatoms. The average Bonchev–Trinajstić information content (AvgIpc) is 1.58. The van der Waals surface area contributed by atoms with Gasteiger partial charge in [0.2, 0.25) is 0 Å². The first-order valence-electron chi connectivity index (χ1n) is 46.8. The third-order valence-corrected chi connectivity index (χ3v) is 26.9. The van der Waals surface area contributed by atoms with Crippen molar-refractivity contribution in [3.63, 3.8) is 0 Å². The van der Waals surface area contributed by atoms with E-state index in [1.54, 1.807) is 0 Å². The lowest BCUT2D eigenvalue weighted by atomic mass is 9.94. The van der Waals surface area contributed by atoms with E-state index in [2.05, 4.69) is 317 Å². The van der Waals surface area contributed by atoms with Crippen molar-refractivity contribution >= 4 is 43.5 Å². The lowest BCUT2D eigenvalue weighted by molar-refractivity contribution is 1.07. The molecule has 0 amide bonds. The minimum Gasteiger partial charge on any atom is -0.316 e. The lowest BCUT2D eigenvalue weighted by Crippen LogP contribution is -2.01. The van der Waals surface area contributed by atoms with Gasteiger partial charge in [0.1, 0.15) is 0 Å². The first-order valence-corrected chi connectivity index (χ1v) is 46.8. The summed E-state index contributed by atoms with van der Waals surface area (Å²) in [4.78, 5) is 44.6. The molecule has 6 heterocycles. The molecule has 0 spiro atoms. The standard InChI is InChI=1S/C45H28N4.2C41H26N4/c1-3-14-29(15-4-1)43-46-44(30-16-5-2-6-17-30)48-45(47-43)38-26-27-40(36-23-12-11-22-35(36)38)49-28-39-34-21-10-8-19-32(34)31-18-7-9-20-33(31)37-24-13-25-41(49)42(37)39;1-3-13-27(14-4-1)39-42-40(28-15-5-2-6-16-28)44-41(43-39)29-17-11-18-30(25-29)45-26-36-34-22-10-8-20-32(34)31-19-7-9-21-33(31)35-23-12-24-37(45)38(35)36;1-3-12-27(13-4-1)39-42-40(28-14-5-2-6-15-28)44-41(43-39)29-22-24-30(25-23-29)45-26-36-34-19-10-8-17-32(34)31-16-7-9-18-33(31)35-20-11-21-37(45)38(35)36/h1-28H;2*1-26H. The Kier molecular flexibility index (Phi) is 20.0. The summed E-state index contributed by atoms with van der Waals surface area (Å²) in [6, 6.07) is 163. The summed E-state index contributed by atoms with van der Waals surface area (Å²) in [6.45, 7) is 0. The third kappa shape index (κ3) is 14.4. The van der Waals surface area contributed by atoms with Crippen LogP contribution in [-0.4, -0.2) is 58.6 Å². The maximum absolute atomic E-state index is 5.07. The molecule has 139 heavy (non-hydrogen) atoms. The second-order valence-electron chi connectivity index (χ2n) is 35.0. The fourth-order valence-corrected chi connectivity index (χ4v) is 20.5. The lowest BCUT2D eigenvalue weighted by Gasteiger charge is -2.15. The monoisotopic (exact) mass is 1770 g/mol. The highest BCUT2D eigenvalue weighted by Gasteiger charge is 2.30. The van der Waals surface area contributed by atoms with Gasteiger partial charge in [-0.1, -0.05) is 400 Å². The van der Waals surface area contributed by atoms with Gasteiger partial charge in [0, 0.05) is 118 Å². The van der Waals surface area contributed by atoms with Crippen LogP contribution < -0.4 is 0 Å². The maximum atomic E-state index is 5.07. The second-order valence-corrected chi connectivity index (χ2v) is 35.0. The van der Waals surface area contributed by atoms with E-state index in [0.717, 1.165) is 83.4 Å². The van der Waals surface area contributed by atoms with E-state index < -0.39 is 0 Å². The van der Waals surface area contributed by atoms with Crippen LogP contribution in [0.15, 0.2) is 486 Å². The Morgan fingerprint density at radius 1 is 0.129 bits per heavy atom. The van der Waals surface area contributed by atoms with Gasteiger partial charge in [0.25, 0.3) is 0 Å². The van der Waals surface area contributed by atoms with Crippen LogP contribution in [0.5, 0.6) is 0 Å². The fraction of sp³-hybridized carbons (Fsp3) is 0. The Morgan fingerprint density at radius 2 is 0.360 bits per heavy atom. The van der Waals surface area contributed by atoms with Crippen molar-refractivity contribution < 1.29 is 0 Å². The molecule has 3 aliphatic carbocycles. The van der Waals surface area contributed by atoms with E-state index in [4.69, 9.17) is 44.9 Å². The fourth-order valence-electron chi connectivity index (χ4n) is 20.5. The molecule has 0 saturated heterocycles. The highest BCUT2D eigenvalue weighted by atomic mass is 15.1. The molecule has 0 aliphatic heterocycles. The molecule has 0 fully saturated rings. The Morgan fingerprint density at radius 3 is 0.691 bits per heavy atom. The second kappa shape index (κ2) is 34.3. The zero-order chi connectivity index (χ0) is 91.8. The molecule has 0 N–H and O–H groups in total. The Bertz CT molecular complexity index is 8940. The number of benzene rings is 19. The Balaban J connectivity index is 0.000000108. The van der Waals surface area contributed by atoms with Gasteiger partial charge in [-0.25, -0.2) is 44.9 Å². The number of fused-ring (bicyclic) bond motifs is 16. The summed E-state index contributed by atoms with van der Waals surface area (Å²) in [5.41, 5.74) is 37.9. The van der Waals surface area contributed by atoms with Gasteiger partial charge in [0.05, 0.1) is 22.2 Å². The molecule has 0 unspecified atom stereocenters. The van der Waals surface area contributed by atoms with Gasteiger partial charge in [-0.05, 0) is 156 Å². The first-order chi connectivity index (χ1) is 68.9. The summed E-state index contributed by atoms with van der Waals surface area (Å²) in [5, 5.41) is 6.02. The SMILES string of the molecule is c1ccc(-c2nc(-c3ccccc3)nc(-c3ccc(-n4cc5c6c(cccc64)-c4ccccc4-c4ccccc4-5)c4ccccc34)n2)cc1.c1ccc(-c2nc(-c3ccccc3)nc(-c3ccc(-n4cc5c6c(cccc64)-c4ccccc4-c4ccccc4-5)cc3)n2)cc1.c1ccc(-c2nc(-c3ccccc3)nc(-c3cccc(-n4cc5c6c(cccc64)-c4ccccc4-c4ccccc4-5)c3)n2)cc1. The maximum Gasteiger partial charge on any atom is 0.164 e. The molecule has 19 aromatic carbocycles. The largest absolute Gasteiger partial charge is 0.316 e. The third-order valence-electron chi connectivity index (χ3n) is 26.9. The van der Waals surface area contributed by atoms with E-state index >= 15 is 0 Å². The van der Waals surface area contributed by atoms with Crippen molar-refractivity contribution in [2.75, 3.05) is 0 Å². The number of hydrogen-bond donors (Lipinski definition) is 0. The molecule has 12 nitrogen and oxygen atoms in total. The van der Waals surface area contributed by atoms with Crippen LogP contribution in [0.25, 0.3) is 263 Å². The van der Waals surface area contributed by atoms with Gasteiger partial charge in [-0.15, -0.1) is 0 Å². The molecular formula is C127H80N12. The van der Waals surface area contributed by atoms with Crippen LogP contribution in [0.1, 0.15) is 0 Å². The van der Waals surface area contributed by atoms with E-state index in [1.165, 1.54) is 127 Å². The molecule has 0 atom stereocenters. The first kappa shape index (κ1) is 80.9. The zero-order valence-corrected chi connectivity index (χ0v) is 75.1. The molecule has 6 aromatic heterocycles. The predicted molar refractivity (Wildman–Crippen MR) is 566 cm³/mol. The molecule has 3 aliphatic rings. The molecule has 25 aromatic rings. The van der Waals surface area contributed by atoms with Crippen molar-refractivity contribution in [1.29, 1.82) is 0 Å². The van der Waals surface area contributed by atoms with Crippen LogP contribution >= 0.6 is 0 Å². The minimum absolute atomic E-state index is 0.641. The normalized spacial score (nSPS) is 11.6. The average molecular weight is 1770 g/mol. The van der Waals surface area contributed by atoms with Crippen LogP contribution in [0.3, 0.4) is 0 Å². The van der Waals surface area contributed by atoms with Crippen LogP contribution in [0.4, 0.5) is 0 Å². The molecule has 648 valence electrons. The van der Waals surface area contributed by atoms with Crippen LogP contribution in [-0.2, 0) is 0 Å². The number of nitrogens with zero attached hydrogens (tertiary/aromatic N) is 12. The zero-order valence-electron chi connectivity index (χ0n) is 75.1. The van der Waals surface area contributed by atoms with Crippen molar-refractivity contribution in [3.8, 4) is 220 Å². The summed E-state index contributed by atoms with van der Waals surface area (Å²) in [7, 11) is 0. The summed E-state index contributed by atoms with van der Waals surface area (Å²) in [5.74, 6) is 5.86. The van der Waals surface area contributed by atoms with E-state index in [0.29, 0.717) is 52.4 Å². The molecule has 0 saturated carbocycles. The van der Waals surface area contributed by atoms with Crippen LogP contribution in [0.2, 0.25) is 0 Å². The summed E-state index contributed by atoms with van der Waals surface area (Å²) >= 11 is 0. The van der Waals surface area contributed by atoms with Crippen molar-refractivity contribution in [3.05, 3.63) is 486 Å². The smallest absolute Gasteiger partial charge is 0.164 e. The number of aromatic nitrogens is 12. The van der Waals surface area contributed by atoms with E-state index in [9.17, 15) is 0 Å². The highest BCUT2D eigenvalue weighted by molar-refractivity contribution is 6.17. The summed E-state index contributed by atoms with van der Waals surface area (Å²) < 4.78 is 6.98. The Hall–Kier alpha value is -18.9. The molecule has 0 bridgehead atoms. The summed E-state index contributed by atoms with van der Waals surface area (Å²) in [6.07, 6.45) is 6.90. The number of rotatable bonds is 12. The minimum atomic E-state index is 0.641. The van der Waals surface area contributed by atoms with Crippen molar-refractivity contribution in [1.82, 2.24) is 58.6 Å².